The second-order valence-corrected chi connectivity index (χ2v) is 7.25. The molecule has 5 aromatic rings. The largest absolute Gasteiger partial charge is 0.417 e. The first-order valence-electron chi connectivity index (χ1n) is 9.92. The molecule has 12 heteroatoms. The van der Waals surface area contributed by atoms with Crippen LogP contribution in [-0.2, 0) is 12.7 Å². The van der Waals surface area contributed by atoms with Crippen LogP contribution in [0.15, 0.2) is 61.6 Å². The summed E-state index contributed by atoms with van der Waals surface area (Å²) in [5.41, 5.74) is 1.81. The highest BCUT2D eigenvalue weighted by Crippen LogP contribution is 2.34. The highest BCUT2D eigenvalue weighted by atomic mass is 19.4. The molecule has 0 aliphatic rings. The van der Waals surface area contributed by atoms with Gasteiger partial charge in [-0.25, -0.2) is 24.6 Å². The van der Waals surface area contributed by atoms with E-state index < -0.39 is 11.7 Å². The van der Waals surface area contributed by atoms with E-state index in [9.17, 15) is 18.4 Å². The van der Waals surface area contributed by atoms with Gasteiger partial charge in [-0.05, 0) is 23.8 Å². The van der Waals surface area contributed by atoms with Gasteiger partial charge in [0.2, 0.25) is 5.95 Å². The van der Waals surface area contributed by atoms with Crippen LogP contribution in [0, 0.1) is 11.3 Å². The molecular weight excluding hydrogens is 447 g/mol. The number of nitriles is 1. The highest BCUT2D eigenvalue weighted by molar-refractivity contribution is 5.94. The van der Waals surface area contributed by atoms with E-state index in [0.29, 0.717) is 12.1 Å². The van der Waals surface area contributed by atoms with E-state index >= 15 is 0 Å². The number of anilines is 1. The third kappa shape index (κ3) is 4.02. The molecule has 4 aromatic heterocycles. The van der Waals surface area contributed by atoms with Gasteiger partial charge in [0.1, 0.15) is 24.4 Å². The molecular formula is C22H14F3N9. The predicted octanol–water partition coefficient (Wildman–Crippen LogP) is 4.10. The van der Waals surface area contributed by atoms with Crippen molar-refractivity contribution in [1.82, 2.24) is 34.7 Å². The molecule has 0 saturated carbocycles. The summed E-state index contributed by atoms with van der Waals surface area (Å²) in [6.45, 7) is 0.386. The summed E-state index contributed by atoms with van der Waals surface area (Å²) in [7, 11) is 0. The van der Waals surface area contributed by atoms with Crippen molar-refractivity contribution in [2.45, 2.75) is 12.7 Å². The van der Waals surface area contributed by atoms with Gasteiger partial charge in [0.15, 0.2) is 0 Å². The molecule has 0 radical (unpaired) electrons. The van der Waals surface area contributed by atoms with Crippen LogP contribution in [0.25, 0.3) is 28.0 Å². The van der Waals surface area contributed by atoms with Gasteiger partial charge >= 0.3 is 6.18 Å². The quantitative estimate of drug-likeness (QED) is 0.404. The van der Waals surface area contributed by atoms with Gasteiger partial charge in [0.25, 0.3) is 0 Å². The van der Waals surface area contributed by atoms with E-state index in [1.54, 1.807) is 11.0 Å². The Morgan fingerprint density at radius 3 is 2.65 bits per heavy atom. The molecule has 0 unspecified atom stereocenters. The van der Waals surface area contributed by atoms with E-state index in [4.69, 9.17) is 0 Å². The summed E-state index contributed by atoms with van der Waals surface area (Å²) in [5, 5.41) is 16.9. The Kier molecular flexibility index (Phi) is 5.14. The highest BCUT2D eigenvalue weighted by Gasteiger charge is 2.31. The Hall–Kier alpha value is -4.79. The molecule has 9 nitrogen and oxygen atoms in total. The molecule has 0 saturated heterocycles. The monoisotopic (exact) mass is 461 g/mol. The van der Waals surface area contributed by atoms with Crippen molar-refractivity contribution in [3.05, 3.63) is 78.3 Å². The number of hydrogen-bond donors (Lipinski definition) is 2. The number of aromatic amines is 1. The average Bonchev–Trinajstić information content (AvgIpc) is 3.52. The summed E-state index contributed by atoms with van der Waals surface area (Å²) in [4.78, 5) is 19.2. The Bertz CT molecular complexity index is 1500. The topological polar surface area (TPSA) is 121 Å². The molecule has 4 heterocycles. The van der Waals surface area contributed by atoms with Crippen molar-refractivity contribution < 1.29 is 13.2 Å². The summed E-state index contributed by atoms with van der Waals surface area (Å²) in [6, 6.07) is 10.5. The lowest BCUT2D eigenvalue weighted by Gasteiger charge is -2.09. The fourth-order valence-electron chi connectivity index (χ4n) is 3.40. The number of pyridine rings is 1. The summed E-state index contributed by atoms with van der Waals surface area (Å²) in [5.74, 6) is 0.226. The van der Waals surface area contributed by atoms with Crippen molar-refractivity contribution in [3.8, 4) is 23.0 Å². The molecule has 5 rings (SSSR count). The number of halogens is 3. The number of rotatable bonds is 5. The number of fused-ring (bicyclic) bond motifs is 1. The Morgan fingerprint density at radius 2 is 1.94 bits per heavy atom. The second-order valence-electron chi connectivity index (χ2n) is 7.25. The number of nitrogens with one attached hydrogen (secondary N) is 2. The van der Waals surface area contributed by atoms with Gasteiger partial charge in [-0.1, -0.05) is 12.1 Å². The first-order valence-corrected chi connectivity index (χ1v) is 9.92. The van der Waals surface area contributed by atoms with E-state index in [2.05, 4.69) is 35.3 Å². The number of benzene rings is 1. The standard InChI is InChI=1S/C22H14F3N9/c23-22(24,25)15-5-17-18(10-29-20(17)28-9-15)19-14(6-26)8-31-21(33-19)30-7-13-1-3-16(4-2-13)34-12-27-11-32-34/h1-5,8-12H,7H2,(H,28,29)(H,30,31,33). The predicted molar refractivity (Wildman–Crippen MR) is 116 cm³/mol. The molecule has 0 aliphatic carbocycles. The third-order valence-electron chi connectivity index (χ3n) is 5.09. The molecule has 2 N–H and O–H groups in total. The van der Waals surface area contributed by atoms with Crippen molar-refractivity contribution in [2.75, 3.05) is 5.32 Å². The van der Waals surface area contributed by atoms with E-state index in [1.807, 2.05) is 30.3 Å². The zero-order chi connectivity index (χ0) is 23.7. The van der Waals surface area contributed by atoms with Crippen LogP contribution >= 0.6 is 0 Å². The molecule has 168 valence electrons. The Labute approximate surface area is 190 Å². The Balaban J connectivity index is 1.43. The van der Waals surface area contributed by atoms with E-state index in [0.717, 1.165) is 23.5 Å². The lowest BCUT2D eigenvalue weighted by molar-refractivity contribution is -0.137. The lowest BCUT2D eigenvalue weighted by atomic mass is 10.1. The maximum Gasteiger partial charge on any atom is 0.417 e. The zero-order valence-corrected chi connectivity index (χ0v) is 17.2. The fourth-order valence-corrected chi connectivity index (χ4v) is 3.40. The van der Waals surface area contributed by atoms with Crippen molar-refractivity contribution in [2.24, 2.45) is 0 Å². The van der Waals surface area contributed by atoms with Crippen molar-refractivity contribution in [1.29, 1.82) is 5.26 Å². The van der Waals surface area contributed by atoms with Crippen LogP contribution in [0.3, 0.4) is 0 Å². The minimum absolute atomic E-state index is 0.126. The molecule has 0 spiro atoms. The number of alkyl halides is 3. The molecule has 0 amide bonds. The third-order valence-corrected chi connectivity index (χ3v) is 5.09. The van der Waals surface area contributed by atoms with Gasteiger partial charge in [0, 0.05) is 29.9 Å². The van der Waals surface area contributed by atoms with Crippen molar-refractivity contribution >= 4 is 17.0 Å². The molecule has 1 aromatic carbocycles. The van der Waals surface area contributed by atoms with Crippen molar-refractivity contribution in [3.63, 3.8) is 0 Å². The van der Waals surface area contributed by atoms with Gasteiger partial charge in [-0.3, -0.25) is 0 Å². The van der Waals surface area contributed by atoms with Gasteiger partial charge in [0.05, 0.1) is 28.7 Å². The molecule has 0 atom stereocenters. The van der Waals surface area contributed by atoms with Crippen LogP contribution in [0.5, 0.6) is 0 Å². The normalized spacial score (nSPS) is 11.5. The van der Waals surface area contributed by atoms with E-state index in [1.165, 1.54) is 18.7 Å². The summed E-state index contributed by atoms with van der Waals surface area (Å²) >= 11 is 0. The fraction of sp³-hybridized carbons (Fsp3) is 0.0909. The number of hydrogen-bond acceptors (Lipinski definition) is 7. The zero-order valence-electron chi connectivity index (χ0n) is 17.2. The van der Waals surface area contributed by atoms with Gasteiger partial charge in [-0.2, -0.15) is 23.5 Å². The Morgan fingerprint density at radius 1 is 1.12 bits per heavy atom. The van der Waals surface area contributed by atoms with Crippen LogP contribution in [-0.4, -0.2) is 34.7 Å². The number of H-pyrrole nitrogens is 1. The smallest absolute Gasteiger partial charge is 0.350 e. The number of aromatic nitrogens is 7. The van der Waals surface area contributed by atoms with Crippen LogP contribution in [0.1, 0.15) is 16.7 Å². The first kappa shape index (κ1) is 21.1. The van der Waals surface area contributed by atoms with Crippen LogP contribution in [0.4, 0.5) is 19.1 Å². The average molecular weight is 461 g/mol. The van der Waals surface area contributed by atoms with Gasteiger partial charge in [-0.15, -0.1) is 0 Å². The summed E-state index contributed by atoms with van der Waals surface area (Å²) < 4.78 is 41.2. The number of nitrogens with zero attached hydrogens (tertiary/aromatic N) is 7. The second kappa shape index (κ2) is 8.28. The first-order chi connectivity index (χ1) is 16.4. The molecule has 34 heavy (non-hydrogen) atoms. The van der Waals surface area contributed by atoms with E-state index in [-0.39, 0.29) is 28.2 Å². The summed E-state index contributed by atoms with van der Waals surface area (Å²) in [6.07, 6.45) is 2.07. The maximum absolute atomic E-state index is 13.2. The minimum Gasteiger partial charge on any atom is -0.350 e. The van der Waals surface area contributed by atoms with Gasteiger partial charge < -0.3 is 10.3 Å². The maximum atomic E-state index is 13.2. The lowest BCUT2D eigenvalue weighted by Crippen LogP contribution is -2.06. The SMILES string of the molecule is N#Cc1cnc(NCc2ccc(-n3cncn3)cc2)nc1-c1c[nH]c2ncc(C(F)(F)F)cc12. The van der Waals surface area contributed by atoms with Crippen LogP contribution < -0.4 is 5.32 Å². The minimum atomic E-state index is -4.55. The molecule has 0 fully saturated rings. The molecule has 0 bridgehead atoms. The van der Waals surface area contributed by atoms with Crippen LogP contribution in [0.2, 0.25) is 0 Å². The molecule has 0 aliphatic heterocycles.